The maximum Gasteiger partial charge on any atom is 0.162 e. The number of halogens is 2. The summed E-state index contributed by atoms with van der Waals surface area (Å²) in [6.07, 6.45) is 2.92. The zero-order chi connectivity index (χ0) is 13.8. The standard InChI is InChI=1S/C15H20Cl2O2/c1-3-10(2)7-12(16)11-8-14-15(9-13(11)17)19-6-4-5-18-14/h8-10,12H,3-7H2,1-2H3. The molecule has 2 nitrogen and oxygen atoms in total. The van der Waals surface area contributed by atoms with E-state index in [9.17, 15) is 0 Å². The molecule has 0 N–H and O–H groups in total. The van der Waals surface area contributed by atoms with Crippen molar-refractivity contribution >= 4 is 23.2 Å². The highest BCUT2D eigenvalue weighted by molar-refractivity contribution is 6.33. The first-order valence-corrected chi connectivity index (χ1v) is 7.66. The van der Waals surface area contributed by atoms with Gasteiger partial charge in [-0.1, -0.05) is 31.9 Å². The van der Waals surface area contributed by atoms with Crippen LogP contribution >= 0.6 is 23.2 Å². The molecule has 1 aliphatic rings. The summed E-state index contributed by atoms with van der Waals surface area (Å²) in [6.45, 7) is 5.71. The van der Waals surface area contributed by atoms with Crippen molar-refractivity contribution in [1.29, 1.82) is 0 Å². The fraction of sp³-hybridized carbons (Fsp3) is 0.600. The second-order valence-electron chi connectivity index (χ2n) is 5.09. The van der Waals surface area contributed by atoms with Crippen LogP contribution in [0.5, 0.6) is 11.5 Å². The van der Waals surface area contributed by atoms with Crippen molar-refractivity contribution in [2.75, 3.05) is 13.2 Å². The van der Waals surface area contributed by atoms with E-state index in [1.54, 1.807) is 0 Å². The van der Waals surface area contributed by atoms with Gasteiger partial charge in [-0.3, -0.25) is 0 Å². The van der Waals surface area contributed by atoms with E-state index < -0.39 is 0 Å². The van der Waals surface area contributed by atoms with E-state index in [0.717, 1.165) is 36.3 Å². The fourth-order valence-corrected chi connectivity index (χ4v) is 2.91. The van der Waals surface area contributed by atoms with E-state index in [4.69, 9.17) is 32.7 Å². The molecule has 1 aromatic rings. The predicted molar refractivity (Wildman–Crippen MR) is 79.7 cm³/mol. The monoisotopic (exact) mass is 302 g/mol. The SMILES string of the molecule is CCC(C)CC(Cl)c1cc2c(cc1Cl)OCCCO2. The average Bonchev–Trinajstić information content (AvgIpc) is 2.62. The van der Waals surface area contributed by atoms with Gasteiger partial charge in [0.2, 0.25) is 0 Å². The van der Waals surface area contributed by atoms with Crippen LogP contribution in [0, 0.1) is 5.92 Å². The van der Waals surface area contributed by atoms with Crippen molar-refractivity contribution < 1.29 is 9.47 Å². The summed E-state index contributed by atoms with van der Waals surface area (Å²) in [5, 5.41) is 0.576. The Hall–Kier alpha value is -0.600. The summed E-state index contributed by atoms with van der Waals surface area (Å²) >= 11 is 12.8. The quantitative estimate of drug-likeness (QED) is 0.710. The van der Waals surface area contributed by atoms with Gasteiger partial charge in [-0.25, -0.2) is 0 Å². The average molecular weight is 303 g/mol. The molecule has 1 heterocycles. The third kappa shape index (κ3) is 3.70. The van der Waals surface area contributed by atoms with Gasteiger partial charge in [-0.2, -0.15) is 0 Å². The summed E-state index contributed by atoms with van der Waals surface area (Å²) in [6, 6.07) is 3.76. The molecule has 0 amide bonds. The minimum atomic E-state index is -0.0837. The molecule has 0 radical (unpaired) electrons. The molecular weight excluding hydrogens is 283 g/mol. The lowest BCUT2D eigenvalue weighted by molar-refractivity contribution is 0.297. The van der Waals surface area contributed by atoms with Gasteiger partial charge in [-0.15, -0.1) is 11.6 Å². The molecule has 2 unspecified atom stereocenters. The van der Waals surface area contributed by atoms with Gasteiger partial charge in [0.05, 0.1) is 18.6 Å². The molecule has 4 heteroatoms. The molecule has 106 valence electrons. The van der Waals surface area contributed by atoms with Crippen LogP contribution in [-0.2, 0) is 0 Å². The van der Waals surface area contributed by atoms with Crippen LogP contribution < -0.4 is 9.47 Å². The van der Waals surface area contributed by atoms with Crippen molar-refractivity contribution in [3.63, 3.8) is 0 Å². The number of rotatable bonds is 4. The van der Waals surface area contributed by atoms with Gasteiger partial charge in [0, 0.05) is 17.5 Å². The highest BCUT2D eigenvalue weighted by Crippen LogP contribution is 2.41. The van der Waals surface area contributed by atoms with Gasteiger partial charge in [0.25, 0.3) is 0 Å². The molecular formula is C15H20Cl2O2. The second-order valence-corrected chi connectivity index (χ2v) is 6.02. The third-order valence-corrected chi connectivity index (χ3v) is 4.25. The number of hydrogen-bond acceptors (Lipinski definition) is 2. The zero-order valence-corrected chi connectivity index (χ0v) is 12.9. The smallest absolute Gasteiger partial charge is 0.162 e. The Morgan fingerprint density at radius 2 is 1.84 bits per heavy atom. The Morgan fingerprint density at radius 1 is 1.21 bits per heavy atom. The zero-order valence-electron chi connectivity index (χ0n) is 11.4. The van der Waals surface area contributed by atoms with Crippen LogP contribution in [-0.4, -0.2) is 13.2 Å². The third-order valence-electron chi connectivity index (χ3n) is 3.51. The molecule has 0 saturated carbocycles. The molecule has 2 rings (SSSR count). The summed E-state index contributed by atoms with van der Waals surface area (Å²) in [5.74, 6) is 2.06. The lowest BCUT2D eigenvalue weighted by atomic mass is 9.98. The molecule has 2 atom stereocenters. The Bertz CT molecular complexity index is 434. The minimum absolute atomic E-state index is 0.0837. The van der Waals surface area contributed by atoms with E-state index in [1.807, 2.05) is 12.1 Å². The highest BCUT2D eigenvalue weighted by Gasteiger charge is 2.20. The largest absolute Gasteiger partial charge is 0.490 e. The van der Waals surface area contributed by atoms with Gasteiger partial charge in [0.1, 0.15) is 0 Å². The van der Waals surface area contributed by atoms with Crippen LogP contribution in [0.4, 0.5) is 0 Å². The number of hydrogen-bond donors (Lipinski definition) is 0. The first-order valence-electron chi connectivity index (χ1n) is 6.85. The van der Waals surface area contributed by atoms with Crippen molar-refractivity contribution in [3.8, 4) is 11.5 Å². The number of alkyl halides is 1. The van der Waals surface area contributed by atoms with Crippen molar-refractivity contribution in [1.82, 2.24) is 0 Å². The Kier molecular flexibility index (Phi) is 5.23. The lowest BCUT2D eigenvalue weighted by Crippen LogP contribution is -2.01. The van der Waals surface area contributed by atoms with Crippen LogP contribution in [0.2, 0.25) is 5.02 Å². The summed E-state index contributed by atoms with van der Waals surface area (Å²) in [7, 11) is 0. The summed E-state index contributed by atoms with van der Waals surface area (Å²) in [4.78, 5) is 0. The first-order chi connectivity index (χ1) is 9.11. The van der Waals surface area contributed by atoms with Crippen LogP contribution in [0.3, 0.4) is 0 Å². The van der Waals surface area contributed by atoms with E-state index in [1.165, 1.54) is 0 Å². The Morgan fingerprint density at radius 3 is 2.47 bits per heavy atom. The van der Waals surface area contributed by atoms with E-state index >= 15 is 0 Å². The topological polar surface area (TPSA) is 18.5 Å². The van der Waals surface area contributed by atoms with Gasteiger partial charge in [-0.05, 0) is 24.0 Å². The fourth-order valence-electron chi connectivity index (χ4n) is 2.09. The highest BCUT2D eigenvalue weighted by atomic mass is 35.5. The Balaban J connectivity index is 2.23. The second kappa shape index (κ2) is 6.71. The van der Waals surface area contributed by atoms with Gasteiger partial charge in [0.15, 0.2) is 11.5 Å². The van der Waals surface area contributed by atoms with Crippen molar-refractivity contribution in [2.24, 2.45) is 5.92 Å². The maximum absolute atomic E-state index is 6.49. The van der Waals surface area contributed by atoms with Gasteiger partial charge >= 0.3 is 0 Å². The maximum atomic E-state index is 6.49. The molecule has 0 spiro atoms. The molecule has 0 saturated heterocycles. The molecule has 19 heavy (non-hydrogen) atoms. The number of benzene rings is 1. The molecule has 0 aliphatic carbocycles. The van der Waals surface area contributed by atoms with Crippen LogP contribution in [0.25, 0.3) is 0 Å². The van der Waals surface area contributed by atoms with E-state index in [2.05, 4.69) is 13.8 Å². The summed E-state index contributed by atoms with van der Waals surface area (Å²) in [5.41, 5.74) is 0.938. The van der Waals surface area contributed by atoms with Crippen molar-refractivity contribution in [3.05, 3.63) is 22.7 Å². The van der Waals surface area contributed by atoms with Crippen LogP contribution in [0.1, 0.15) is 44.1 Å². The predicted octanol–water partition coefficient (Wildman–Crippen LogP) is 5.22. The molecule has 0 bridgehead atoms. The van der Waals surface area contributed by atoms with E-state index in [0.29, 0.717) is 24.2 Å². The number of fused-ring (bicyclic) bond motifs is 1. The van der Waals surface area contributed by atoms with Crippen molar-refractivity contribution in [2.45, 2.75) is 38.5 Å². The minimum Gasteiger partial charge on any atom is -0.490 e. The molecule has 0 aromatic heterocycles. The Labute approximate surface area is 125 Å². The first kappa shape index (κ1) is 14.8. The summed E-state index contributed by atoms with van der Waals surface area (Å²) < 4.78 is 11.3. The van der Waals surface area contributed by atoms with Crippen LogP contribution in [0.15, 0.2) is 12.1 Å². The molecule has 1 aromatic carbocycles. The molecule has 1 aliphatic heterocycles. The number of ether oxygens (including phenoxy) is 2. The lowest BCUT2D eigenvalue weighted by Gasteiger charge is -2.18. The van der Waals surface area contributed by atoms with E-state index in [-0.39, 0.29) is 5.38 Å². The normalized spacial score (nSPS) is 17.7. The molecule has 0 fully saturated rings. The van der Waals surface area contributed by atoms with Gasteiger partial charge < -0.3 is 9.47 Å².